The van der Waals surface area contributed by atoms with Gasteiger partial charge in [0, 0.05) is 43.6 Å². The van der Waals surface area contributed by atoms with Crippen molar-refractivity contribution in [2.45, 2.75) is 52.5 Å². The molecule has 29 heavy (non-hydrogen) atoms. The van der Waals surface area contributed by atoms with Crippen LogP contribution < -0.4 is 15.1 Å². The van der Waals surface area contributed by atoms with E-state index in [1.165, 1.54) is 0 Å². The Hall–Kier alpha value is -2.96. The molecule has 1 saturated heterocycles. The smallest absolute Gasteiger partial charge is 0.259 e. The molecule has 3 heterocycles. The molecular weight excluding hydrogens is 366 g/mol. The van der Waals surface area contributed by atoms with Gasteiger partial charge in [0.05, 0.1) is 11.3 Å². The van der Waals surface area contributed by atoms with E-state index in [2.05, 4.69) is 20.2 Å². The van der Waals surface area contributed by atoms with Gasteiger partial charge < -0.3 is 15.1 Å². The zero-order valence-electron chi connectivity index (χ0n) is 17.2. The molecule has 1 fully saturated rings. The Morgan fingerprint density at radius 1 is 1.24 bits per heavy atom. The number of hydrogen-bond donors (Lipinski definition) is 1. The summed E-state index contributed by atoms with van der Waals surface area (Å²) in [4.78, 5) is 37.9. The number of nitrogens with one attached hydrogen (secondary N) is 1. The lowest BCUT2D eigenvalue weighted by atomic mass is 10.1. The summed E-state index contributed by atoms with van der Waals surface area (Å²) in [5.74, 6) is 0.548. The number of anilines is 3. The predicted octanol–water partition coefficient (Wildman–Crippen LogP) is 3.19. The summed E-state index contributed by atoms with van der Waals surface area (Å²) in [6.45, 7) is 7.56. The van der Waals surface area contributed by atoms with Crippen LogP contribution in [0.15, 0.2) is 24.4 Å². The van der Waals surface area contributed by atoms with Crippen LogP contribution in [0.2, 0.25) is 0 Å². The van der Waals surface area contributed by atoms with Crippen molar-refractivity contribution in [3.8, 4) is 0 Å². The van der Waals surface area contributed by atoms with Crippen LogP contribution in [-0.2, 0) is 17.6 Å². The predicted molar refractivity (Wildman–Crippen MR) is 114 cm³/mol. The second-order valence-corrected chi connectivity index (χ2v) is 7.82. The third kappa shape index (κ3) is 3.69. The zero-order chi connectivity index (χ0) is 20.5. The number of benzene rings is 1. The van der Waals surface area contributed by atoms with E-state index in [1.807, 2.05) is 32.0 Å². The molecule has 0 spiro atoms. The Balaban J connectivity index is 1.54. The number of rotatable bonds is 4. The molecule has 0 unspecified atom stereocenters. The fourth-order valence-electron chi connectivity index (χ4n) is 4.32. The Morgan fingerprint density at radius 3 is 2.69 bits per heavy atom. The van der Waals surface area contributed by atoms with Crippen LogP contribution in [0.4, 0.5) is 17.3 Å². The van der Waals surface area contributed by atoms with Crippen molar-refractivity contribution >= 4 is 29.1 Å². The number of aryl methyl sites for hydroxylation is 1. The highest BCUT2D eigenvalue weighted by atomic mass is 16.2. The summed E-state index contributed by atoms with van der Waals surface area (Å²) in [5.41, 5.74) is 3.99. The molecule has 2 aromatic rings. The van der Waals surface area contributed by atoms with E-state index in [9.17, 15) is 9.59 Å². The van der Waals surface area contributed by atoms with Gasteiger partial charge in [0.25, 0.3) is 5.91 Å². The van der Waals surface area contributed by atoms with E-state index < -0.39 is 0 Å². The minimum Gasteiger partial charge on any atom is -0.341 e. The van der Waals surface area contributed by atoms with Gasteiger partial charge in [0.1, 0.15) is 0 Å². The van der Waals surface area contributed by atoms with Gasteiger partial charge in [-0.3, -0.25) is 9.59 Å². The van der Waals surface area contributed by atoms with E-state index >= 15 is 0 Å². The fraction of sp³-hybridized carbons (Fsp3) is 0.455. The lowest BCUT2D eigenvalue weighted by Crippen LogP contribution is -2.33. The minimum atomic E-state index is -0.204. The Morgan fingerprint density at radius 2 is 2.00 bits per heavy atom. The lowest BCUT2D eigenvalue weighted by Gasteiger charge is -2.20. The average Bonchev–Trinajstić information content (AvgIpc) is 3.34. The Labute approximate surface area is 171 Å². The highest BCUT2D eigenvalue weighted by Crippen LogP contribution is 2.34. The Bertz CT molecular complexity index is 952. The molecule has 0 aliphatic carbocycles. The second kappa shape index (κ2) is 7.81. The number of nitrogens with zero attached hydrogens (tertiary/aromatic N) is 4. The lowest BCUT2D eigenvalue weighted by molar-refractivity contribution is -0.116. The number of hydrogen-bond acceptors (Lipinski definition) is 5. The number of aromatic nitrogens is 2. The molecule has 7 heteroatoms. The number of fused-ring (bicyclic) bond motifs is 1. The monoisotopic (exact) mass is 393 g/mol. The maximum atomic E-state index is 12.9. The first-order chi connectivity index (χ1) is 14.0. The maximum absolute atomic E-state index is 12.9. The first kappa shape index (κ1) is 19.4. The first-order valence-corrected chi connectivity index (χ1v) is 10.3. The summed E-state index contributed by atoms with van der Waals surface area (Å²) in [7, 11) is 0. The molecule has 2 aliphatic heterocycles. The summed E-state index contributed by atoms with van der Waals surface area (Å²) in [6.07, 6.45) is 5.41. The molecule has 1 N–H and O–H groups in total. The van der Waals surface area contributed by atoms with Gasteiger partial charge in [-0.1, -0.05) is 6.92 Å². The summed E-state index contributed by atoms with van der Waals surface area (Å²) >= 11 is 0. The molecule has 1 aromatic heterocycles. The number of amides is 2. The van der Waals surface area contributed by atoms with Gasteiger partial charge in [-0.05, 0) is 56.4 Å². The fourth-order valence-corrected chi connectivity index (χ4v) is 4.32. The topological polar surface area (TPSA) is 78.4 Å². The molecule has 1 aromatic carbocycles. The van der Waals surface area contributed by atoms with Crippen LogP contribution >= 0.6 is 0 Å². The highest BCUT2D eigenvalue weighted by molar-refractivity contribution is 6.05. The second-order valence-electron chi connectivity index (χ2n) is 7.82. The van der Waals surface area contributed by atoms with Crippen LogP contribution in [0, 0.1) is 0 Å². The maximum Gasteiger partial charge on any atom is 0.259 e. The van der Waals surface area contributed by atoms with Gasteiger partial charge in [-0.15, -0.1) is 0 Å². The van der Waals surface area contributed by atoms with Crippen LogP contribution in [0.3, 0.4) is 0 Å². The van der Waals surface area contributed by atoms with Crippen molar-refractivity contribution in [1.82, 2.24) is 9.97 Å². The van der Waals surface area contributed by atoms with Crippen LogP contribution in [0.25, 0.3) is 0 Å². The van der Waals surface area contributed by atoms with E-state index in [4.69, 9.17) is 0 Å². The molecule has 2 amide bonds. The zero-order valence-corrected chi connectivity index (χ0v) is 17.2. The van der Waals surface area contributed by atoms with Gasteiger partial charge in [-0.25, -0.2) is 9.97 Å². The molecule has 152 valence electrons. The minimum absolute atomic E-state index is 0.0378. The molecule has 4 rings (SSSR count). The van der Waals surface area contributed by atoms with Crippen LogP contribution in [-0.4, -0.2) is 40.9 Å². The van der Waals surface area contributed by atoms with E-state index in [1.54, 1.807) is 18.0 Å². The van der Waals surface area contributed by atoms with Crippen LogP contribution in [0.5, 0.6) is 0 Å². The Kier molecular flexibility index (Phi) is 5.22. The van der Waals surface area contributed by atoms with Gasteiger partial charge in [0.2, 0.25) is 11.9 Å². The molecular formula is C22H27N5O2. The van der Waals surface area contributed by atoms with E-state index in [-0.39, 0.29) is 17.9 Å². The van der Waals surface area contributed by atoms with Crippen molar-refractivity contribution in [2.75, 3.05) is 28.2 Å². The highest BCUT2D eigenvalue weighted by Gasteiger charge is 2.29. The van der Waals surface area contributed by atoms with Crippen molar-refractivity contribution in [3.05, 3.63) is 41.2 Å². The molecule has 0 radical (unpaired) electrons. The normalized spacial score (nSPS) is 18.1. The summed E-state index contributed by atoms with van der Waals surface area (Å²) in [5, 5.41) is 2.97. The number of carbonyl (C=O) groups excluding carboxylic acids is 2. The molecule has 7 nitrogen and oxygen atoms in total. The summed E-state index contributed by atoms with van der Waals surface area (Å²) in [6, 6.07) is 5.84. The molecule has 0 saturated carbocycles. The van der Waals surface area contributed by atoms with Gasteiger partial charge >= 0.3 is 0 Å². The largest absolute Gasteiger partial charge is 0.341 e. The average molecular weight is 393 g/mol. The van der Waals surface area contributed by atoms with Crippen molar-refractivity contribution in [3.63, 3.8) is 0 Å². The third-order valence-electron chi connectivity index (χ3n) is 5.72. The quantitative estimate of drug-likeness (QED) is 0.863. The summed E-state index contributed by atoms with van der Waals surface area (Å²) < 4.78 is 0. The van der Waals surface area contributed by atoms with E-state index in [0.717, 1.165) is 55.0 Å². The first-order valence-electron chi connectivity index (χ1n) is 10.3. The van der Waals surface area contributed by atoms with E-state index in [0.29, 0.717) is 17.9 Å². The van der Waals surface area contributed by atoms with Crippen molar-refractivity contribution in [1.29, 1.82) is 0 Å². The third-order valence-corrected chi connectivity index (χ3v) is 5.72. The number of carbonyl (C=O) groups is 2. The molecule has 1 atom stereocenters. The van der Waals surface area contributed by atoms with Gasteiger partial charge in [-0.2, -0.15) is 0 Å². The van der Waals surface area contributed by atoms with Crippen LogP contribution in [0.1, 0.15) is 55.2 Å². The van der Waals surface area contributed by atoms with Crippen molar-refractivity contribution in [2.24, 2.45) is 0 Å². The standard InChI is InChI=1S/C22H27N5O2/c1-4-19-18(13-23-22(25-19)26-9-5-6-10-26)21(29)24-17-7-8-20-16(12-17)11-14(2)27(20)15(3)28/h7-8,12-14H,4-6,9-11H2,1-3H3,(H,24,29)/t14-/m1/s1. The van der Waals surface area contributed by atoms with Gasteiger partial charge in [0.15, 0.2) is 0 Å². The van der Waals surface area contributed by atoms with Crippen molar-refractivity contribution < 1.29 is 9.59 Å². The molecule has 2 aliphatic rings. The SMILES string of the molecule is CCc1nc(N2CCCC2)ncc1C(=O)Nc1ccc2c(c1)C[C@@H](C)N2C(C)=O. The molecule has 0 bridgehead atoms.